The maximum absolute atomic E-state index is 5.94. The predicted molar refractivity (Wildman–Crippen MR) is 66.3 cm³/mol. The standard InChI is InChI=1S/C10H18N4S/c1-7-9(11)10(14(2)13-7)12-5-8-3-4-15-6-8/h8,12H,3-6,11H2,1-2H3. The minimum atomic E-state index is 0.781. The molecule has 0 saturated carbocycles. The van der Waals surface area contributed by atoms with Gasteiger partial charge in [0, 0.05) is 13.6 Å². The molecule has 0 aromatic carbocycles. The molecule has 1 unspecified atom stereocenters. The van der Waals surface area contributed by atoms with E-state index in [-0.39, 0.29) is 0 Å². The highest BCUT2D eigenvalue weighted by atomic mass is 32.2. The number of aryl methyl sites for hydroxylation is 2. The SMILES string of the molecule is Cc1nn(C)c(NCC2CCSC2)c1N. The molecule has 0 bridgehead atoms. The van der Waals surface area contributed by atoms with Gasteiger partial charge < -0.3 is 11.1 Å². The van der Waals surface area contributed by atoms with Gasteiger partial charge in [-0.3, -0.25) is 4.68 Å². The van der Waals surface area contributed by atoms with Crippen molar-refractivity contribution in [3.05, 3.63) is 5.69 Å². The van der Waals surface area contributed by atoms with Gasteiger partial charge in [0.05, 0.1) is 11.4 Å². The molecule has 0 spiro atoms. The van der Waals surface area contributed by atoms with Crippen molar-refractivity contribution in [2.24, 2.45) is 13.0 Å². The summed E-state index contributed by atoms with van der Waals surface area (Å²) in [6, 6.07) is 0. The zero-order valence-electron chi connectivity index (χ0n) is 9.29. The molecule has 1 aliphatic rings. The summed E-state index contributed by atoms with van der Waals surface area (Å²) in [4.78, 5) is 0. The molecule has 1 saturated heterocycles. The van der Waals surface area contributed by atoms with E-state index >= 15 is 0 Å². The molecule has 4 nitrogen and oxygen atoms in total. The summed E-state index contributed by atoms with van der Waals surface area (Å²) in [5.74, 6) is 4.31. The number of aromatic nitrogens is 2. The van der Waals surface area contributed by atoms with E-state index in [9.17, 15) is 0 Å². The molecule has 2 rings (SSSR count). The Morgan fingerprint density at radius 1 is 1.67 bits per heavy atom. The molecule has 0 radical (unpaired) electrons. The van der Waals surface area contributed by atoms with Crippen molar-refractivity contribution in [1.29, 1.82) is 0 Å². The van der Waals surface area contributed by atoms with Gasteiger partial charge in [0.1, 0.15) is 5.82 Å². The summed E-state index contributed by atoms with van der Waals surface area (Å²) in [6.45, 7) is 2.95. The van der Waals surface area contributed by atoms with Gasteiger partial charge in [-0.25, -0.2) is 0 Å². The molecule has 1 aromatic rings. The fraction of sp³-hybridized carbons (Fsp3) is 0.700. The lowest BCUT2D eigenvalue weighted by atomic mass is 10.1. The van der Waals surface area contributed by atoms with Crippen LogP contribution in [0.5, 0.6) is 0 Å². The molecular formula is C10H18N4S. The lowest BCUT2D eigenvalue weighted by Crippen LogP contribution is -2.16. The average Bonchev–Trinajstić information content (AvgIpc) is 2.76. The highest BCUT2D eigenvalue weighted by Gasteiger charge is 2.17. The lowest BCUT2D eigenvalue weighted by Gasteiger charge is -2.11. The van der Waals surface area contributed by atoms with Crippen LogP contribution in [0.1, 0.15) is 12.1 Å². The van der Waals surface area contributed by atoms with E-state index in [1.807, 2.05) is 30.4 Å². The van der Waals surface area contributed by atoms with E-state index in [0.29, 0.717) is 0 Å². The molecule has 3 N–H and O–H groups in total. The quantitative estimate of drug-likeness (QED) is 0.819. The zero-order valence-corrected chi connectivity index (χ0v) is 10.1. The molecule has 0 aliphatic carbocycles. The van der Waals surface area contributed by atoms with Crippen LogP contribution in [0.3, 0.4) is 0 Å². The number of anilines is 2. The Morgan fingerprint density at radius 2 is 2.47 bits per heavy atom. The largest absolute Gasteiger partial charge is 0.394 e. The first-order chi connectivity index (χ1) is 7.18. The number of thioether (sulfide) groups is 1. The second-order valence-electron chi connectivity index (χ2n) is 4.08. The summed E-state index contributed by atoms with van der Waals surface area (Å²) >= 11 is 2.04. The number of nitrogens with one attached hydrogen (secondary N) is 1. The third kappa shape index (κ3) is 2.22. The van der Waals surface area contributed by atoms with Crippen LogP contribution in [0.15, 0.2) is 0 Å². The van der Waals surface area contributed by atoms with Crippen LogP contribution in [0.25, 0.3) is 0 Å². The minimum Gasteiger partial charge on any atom is -0.394 e. The Labute approximate surface area is 94.6 Å². The maximum atomic E-state index is 5.94. The van der Waals surface area contributed by atoms with E-state index in [1.54, 1.807) is 0 Å². The van der Waals surface area contributed by atoms with Crippen molar-refractivity contribution in [3.63, 3.8) is 0 Å². The van der Waals surface area contributed by atoms with Gasteiger partial charge in [0.2, 0.25) is 0 Å². The first-order valence-corrected chi connectivity index (χ1v) is 6.44. The van der Waals surface area contributed by atoms with E-state index in [1.165, 1.54) is 17.9 Å². The Kier molecular flexibility index (Phi) is 3.09. The maximum Gasteiger partial charge on any atom is 0.147 e. The molecule has 84 valence electrons. The second kappa shape index (κ2) is 4.35. The fourth-order valence-electron chi connectivity index (χ4n) is 1.87. The van der Waals surface area contributed by atoms with E-state index in [2.05, 4.69) is 10.4 Å². The van der Waals surface area contributed by atoms with Crippen molar-refractivity contribution in [2.45, 2.75) is 13.3 Å². The van der Waals surface area contributed by atoms with Gasteiger partial charge in [-0.05, 0) is 30.8 Å². The molecule has 1 aliphatic heterocycles. The van der Waals surface area contributed by atoms with Crippen molar-refractivity contribution in [2.75, 3.05) is 29.1 Å². The van der Waals surface area contributed by atoms with Gasteiger partial charge >= 0.3 is 0 Å². The monoisotopic (exact) mass is 226 g/mol. The van der Waals surface area contributed by atoms with Gasteiger partial charge in [-0.15, -0.1) is 0 Å². The number of hydrogen-bond acceptors (Lipinski definition) is 4. The molecule has 2 heterocycles. The second-order valence-corrected chi connectivity index (χ2v) is 5.23. The van der Waals surface area contributed by atoms with Crippen LogP contribution < -0.4 is 11.1 Å². The van der Waals surface area contributed by atoms with E-state index in [4.69, 9.17) is 5.73 Å². The minimum absolute atomic E-state index is 0.781. The van der Waals surface area contributed by atoms with Crippen molar-refractivity contribution in [1.82, 2.24) is 9.78 Å². The third-order valence-electron chi connectivity index (χ3n) is 2.85. The van der Waals surface area contributed by atoms with Crippen LogP contribution in [-0.2, 0) is 7.05 Å². The van der Waals surface area contributed by atoms with Gasteiger partial charge in [-0.1, -0.05) is 0 Å². The average molecular weight is 226 g/mol. The molecule has 1 fully saturated rings. The molecule has 15 heavy (non-hydrogen) atoms. The van der Waals surface area contributed by atoms with Crippen molar-refractivity contribution < 1.29 is 0 Å². The molecule has 1 atom stereocenters. The third-order valence-corrected chi connectivity index (χ3v) is 4.08. The number of rotatable bonds is 3. The molecule has 1 aromatic heterocycles. The summed E-state index contributed by atoms with van der Waals surface area (Å²) < 4.78 is 1.83. The van der Waals surface area contributed by atoms with Gasteiger partial charge in [-0.2, -0.15) is 16.9 Å². The first-order valence-electron chi connectivity index (χ1n) is 5.29. The molecule has 0 amide bonds. The smallest absolute Gasteiger partial charge is 0.147 e. The highest BCUT2D eigenvalue weighted by molar-refractivity contribution is 7.99. The fourth-order valence-corrected chi connectivity index (χ4v) is 3.15. The van der Waals surface area contributed by atoms with Crippen molar-refractivity contribution >= 4 is 23.3 Å². The van der Waals surface area contributed by atoms with Crippen LogP contribution in [0, 0.1) is 12.8 Å². The first kappa shape index (κ1) is 10.7. The number of hydrogen-bond donors (Lipinski definition) is 2. The summed E-state index contributed by atoms with van der Waals surface area (Å²) in [7, 11) is 1.93. The summed E-state index contributed by atoms with van der Waals surface area (Å²) in [5, 5.41) is 7.69. The van der Waals surface area contributed by atoms with E-state index in [0.717, 1.165) is 29.7 Å². The predicted octanol–water partition coefficient (Wildman–Crippen LogP) is 1.48. The Bertz CT molecular complexity index is 341. The van der Waals surface area contributed by atoms with Gasteiger partial charge in [0.25, 0.3) is 0 Å². The number of nitrogen functional groups attached to an aromatic ring is 1. The van der Waals surface area contributed by atoms with E-state index < -0.39 is 0 Å². The van der Waals surface area contributed by atoms with Crippen molar-refractivity contribution in [3.8, 4) is 0 Å². The van der Waals surface area contributed by atoms with Crippen LogP contribution in [-0.4, -0.2) is 27.8 Å². The zero-order chi connectivity index (χ0) is 10.8. The number of nitrogens with zero attached hydrogens (tertiary/aromatic N) is 2. The topological polar surface area (TPSA) is 55.9 Å². The molecular weight excluding hydrogens is 208 g/mol. The molecule has 5 heteroatoms. The number of nitrogens with two attached hydrogens (primary N) is 1. The Balaban J connectivity index is 1.97. The van der Waals surface area contributed by atoms with Crippen LogP contribution >= 0.6 is 11.8 Å². The van der Waals surface area contributed by atoms with Crippen LogP contribution in [0.4, 0.5) is 11.5 Å². The Morgan fingerprint density at radius 3 is 3.00 bits per heavy atom. The summed E-state index contributed by atoms with van der Waals surface area (Å²) in [6.07, 6.45) is 1.31. The highest BCUT2D eigenvalue weighted by Crippen LogP contribution is 2.25. The Hall–Kier alpha value is -0.840. The summed E-state index contributed by atoms with van der Waals surface area (Å²) in [5.41, 5.74) is 7.62. The van der Waals surface area contributed by atoms with Crippen LogP contribution in [0.2, 0.25) is 0 Å². The lowest BCUT2D eigenvalue weighted by molar-refractivity contribution is 0.625. The normalized spacial score (nSPS) is 20.8. The van der Waals surface area contributed by atoms with Gasteiger partial charge in [0.15, 0.2) is 0 Å².